The largest absolute Gasteiger partial charge is 0.480 e. The highest BCUT2D eigenvalue weighted by Gasteiger charge is 2.37. The van der Waals surface area contributed by atoms with E-state index in [1.165, 1.54) is 0 Å². The van der Waals surface area contributed by atoms with Gasteiger partial charge in [0.25, 0.3) is 0 Å². The Balaban J connectivity index is 2.57. The second-order valence-electron chi connectivity index (χ2n) is 5.08. The molecule has 0 spiro atoms. The monoisotopic (exact) mass is 287 g/mol. The molecule has 7 heteroatoms. The second kappa shape index (κ2) is 7.44. The first kappa shape index (κ1) is 16.7. The fourth-order valence-corrected chi connectivity index (χ4v) is 2.38. The quantitative estimate of drug-likeness (QED) is 0.637. The van der Waals surface area contributed by atoms with E-state index >= 15 is 0 Å². The molecule has 1 fully saturated rings. The van der Waals surface area contributed by atoms with Crippen LogP contribution in [0.1, 0.15) is 26.7 Å². The van der Waals surface area contributed by atoms with E-state index in [-0.39, 0.29) is 12.6 Å². The summed E-state index contributed by atoms with van der Waals surface area (Å²) in [6, 6.07) is -0.320. The zero-order valence-electron chi connectivity index (χ0n) is 12.3. The SMILES string of the molecule is CCC(CC)(NC(=O)N1CCN(CCO)CC1)C(=O)O. The summed E-state index contributed by atoms with van der Waals surface area (Å²) in [4.78, 5) is 27.3. The topological polar surface area (TPSA) is 93.1 Å². The van der Waals surface area contributed by atoms with Crippen LogP contribution in [0.5, 0.6) is 0 Å². The Bertz CT molecular complexity index is 337. The first-order chi connectivity index (χ1) is 9.49. The highest BCUT2D eigenvalue weighted by atomic mass is 16.4. The van der Waals surface area contributed by atoms with Gasteiger partial charge in [0, 0.05) is 32.7 Å². The van der Waals surface area contributed by atoms with Gasteiger partial charge < -0.3 is 20.4 Å². The van der Waals surface area contributed by atoms with Crippen molar-refractivity contribution in [3.63, 3.8) is 0 Å². The molecule has 0 aromatic carbocycles. The van der Waals surface area contributed by atoms with E-state index in [2.05, 4.69) is 10.2 Å². The van der Waals surface area contributed by atoms with E-state index in [1.54, 1.807) is 18.7 Å². The lowest BCUT2D eigenvalue weighted by Gasteiger charge is -2.37. The molecule has 1 aliphatic heterocycles. The van der Waals surface area contributed by atoms with Crippen LogP contribution in [-0.4, -0.2) is 76.9 Å². The number of urea groups is 1. The van der Waals surface area contributed by atoms with E-state index in [4.69, 9.17) is 5.11 Å². The van der Waals surface area contributed by atoms with Crippen LogP contribution >= 0.6 is 0 Å². The summed E-state index contributed by atoms with van der Waals surface area (Å²) >= 11 is 0. The van der Waals surface area contributed by atoms with Gasteiger partial charge in [-0.25, -0.2) is 9.59 Å². The van der Waals surface area contributed by atoms with Crippen LogP contribution in [-0.2, 0) is 4.79 Å². The van der Waals surface area contributed by atoms with Crippen molar-refractivity contribution in [2.45, 2.75) is 32.2 Å². The molecule has 2 amide bonds. The number of aliphatic hydroxyl groups is 1. The number of amides is 2. The number of nitrogens with zero attached hydrogens (tertiary/aromatic N) is 2. The molecule has 0 atom stereocenters. The Morgan fingerprint density at radius 1 is 1.15 bits per heavy atom. The number of aliphatic carboxylic acids is 1. The lowest BCUT2D eigenvalue weighted by molar-refractivity contribution is -0.144. The van der Waals surface area contributed by atoms with Crippen LogP contribution in [0.3, 0.4) is 0 Å². The Morgan fingerprint density at radius 3 is 2.10 bits per heavy atom. The zero-order chi connectivity index (χ0) is 15.2. The number of piperazine rings is 1. The molecule has 7 nitrogen and oxygen atoms in total. The summed E-state index contributed by atoms with van der Waals surface area (Å²) in [7, 11) is 0. The fraction of sp³-hybridized carbons (Fsp3) is 0.846. The second-order valence-corrected chi connectivity index (χ2v) is 5.08. The lowest BCUT2D eigenvalue weighted by atomic mass is 9.93. The number of hydrogen-bond donors (Lipinski definition) is 3. The zero-order valence-corrected chi connectivity index (χ0v) is 12.3. The molecule has 0 bridgehead atoms. The molecule has 0 aliphatic carbocycles. The van der Waals surface area contributed by atoms with Crippen molar-refractivity contribution in [3.8, 4) is 0 Å². The van der Waals surface area contributed by atoms with Gasteiger partial charge in [0.05, 0.1) is 6.61 Å². The third kappa shape index (κ3) is 3.83. The number of rotatable bonds is 6. The first-order valence-corrected chi connectivity index (χ1v) is 7.12. The molecule has 0 aromatic rings. The molecular formula is C13H25N3O4. The Hall–Kier alpha value is -1.34. The smallest absolute Gasteiger partial charge is 0.329 e. The van der Waals surface area contributed by atoms with Crippen LogP contribution < -0.4 is 5.32 Å². The maximum atomic E-state index is 12.2. The number of carboxylic acid groups (broad SMARTS) is 1. The highest BCUT2D eigenvalue weighted by Crippen LogP contribution is 2.16. The number of hydrogen-bond acceptors (Lipinski definition) is 4. The van der Waals surface area contributed by atoms with Crippen LogP contribution in [0.15, 0.2) is 0 Å². The molecule has 0 aromatic heterocycles. The number of nitrogens with one attached hydrogen (secondary N) is 1. The van der Waals surface area contributed by atoms with Crippen molar-refractivity contribution >= 4 is 12.0 Å². The minimum Gasteiger partial charge on any atom is -0.480 e. The summed E-state index contributed by atoms with van der Waals surface area (Å²) in [5, 5.41) is 20.9. The standard InChI is InChI=1S/C13H25N3O4/c1-3-13(4-2,11(18)19)14-12(20)16-7-5-15(6-8-16)9-10-17/h17H,3-10H2,1-2H3,(H,14,20)(H,18,19). The minimum absolute atomic E-state index is 0.111. The predicted molar refractivity (Wildman–Crippen MR) is 74.6 cm³/mol. The molecule has 20 heavy (non-hydrogen) atoms. The molecule has 3 N–H and O–H groups in total. The van der Waals surface area contributed by atoms with Gasteiger partial charge in [-0.1, -0.05) is 13.8 Å². The first-order valence-electron chi connectivity index (χ1n) is 7.12. The summed E-state index contributed by atoms with van der Waals surface area (Å²) < 4.78 is 0. The summed E-state index contributed by atoms with van der Waals surface area (Å²) in [6.07, 6.45) is 0.712. The average molecular weight is 287 g/mol. The fourth-order valence-electron chi connectivity index (χ4n) is 2.38. The van der Waals surface area contributed by atoms with Gasteiger partial charge in [0.1, 0.15) is 5.54 Å². The molecule has 0 saturated carbocycles. The van der Waals surface area contributed by atoms with Crippen LogP contribution in [0.4, 0.5) is 4.79 Å². The van der Waals surface area contributed by atoms with Crippen molar-refractivity contribution in [1.82, 2.24) is 15.1 Å². The van der Waals surface area contributed by atoms with E-state index in [1.807, 2.05) is 0 Å². The molecule has 1 saturated heterocycles. The van der Waals surface area contributed by atoms with Gasteiger partial charge in [-0.05, 0) is 12.8 Å². The van der Waals surface area contributed by atoms with E-state index < -0.39 is 11.5 Å². The van der Waals surface area contributed by atoms with E-state index in [0.717, 1.165) is 0 Å². The third-order valence-electron chi connectivity index (χ3n) is 4.04. The van der Waals surface area contributed by atoms with Gasteiger partial charge >= 0.3 is 12.0 Å². The predicted octanol–water partition coefficient (Wildman–Crippen LogP) is -0.0507. The maximum Gasteiger partial charge on any atom is 0.329 e. The molecule has 116 valence electrons. The summed E-state index contributed by atoms with van der Waals surface area (Å²) in [5.74, 6) is -0.991. The lowest BCUT2D eigenvalue weighted by Crippen LogP contribution is -2.60. The van der Waals surface area contributed by atoms with Gasteiger partial charge in [-0.3, -0.25) is 4.90 Å². The van der Waals surface area contributed by atoms with Gasteiger partial charge in [0.2, 0.25) is 0 Å². The Labute approximate surface area is 119 Å². The maximum absolute atomic E-state index is 12.2. The number of carbonyl (C=O) groups is 2. The van der Waals surface area contributed by atoms with Crippen LogP contribution in [0, 0.1) is 0 Å². The summed E-state index contributed by atoms with van der Waals surface area (Å²) in [6.45, 7) is 6.75. The van der Waals surface area contributed by atoms with Gasteiger partial charge in [0.15, 0.2) is 0 Å². The number of carbonyl (C=O) groups excluding carboxylic acids is 1. The molecule has 0 radical (unpaired) electrons. The Kier molecular flexibility index (Phi) is 6.22. The van der Waals surface area contributed by atoms with Crippen LogP contribution in [0.2, 0.25) is 0 Å². The van der Waals surface area contributed by atoms with Crippen LogP contribution in [0.25, 0.3) is 0 Å². The molecular weight excluding hydrogens is 262 g/mol. The third-order valence-corrected chi connectivity index (χ3v) is 4.04. The number of β-amino-alcohol motifs (C(OH)–C–C–N with tert-alkyl or cyclic N) is 1. The minimum atomic E-state index is -1.18. The van der Waals surface area contributed by atoms with Crippen molar-refractivity contribution in [2.75, 3.05) is 39.3 Å². The summed E-state index contributed by atoms with van der Waals surface area (Å²) in [5.41, 5.74) is -1.18. The van der Waals surface area contributed by atoms with Crippen molar-refractivity contribution in [1.29, 1.82) is 0 Å². The van der Waals surface area contributed by atoms with Gasteiger partial charge in [-0.2, -0.15) is 0 Å². The molecule has 0 unspecified atom stereocenters. The number of aliphatic hydroxyl groups excluding tert-OH is 1. The van der Waals surface area contributed by atoms with E-state index in [9.17, 15) is 14.7 Å². The highest BCUT2D eigenvalue weighted by molar-refractivity contribution is 5.86. The van der Waals surface area contributed by atoms with Crippen molar-refractivity contribution in [2.24, 2.45) is 0 Å². The van der Waals surface area contributed by atoms with Gasteiger partial charge in [-0.15, -0.1) is 0 Å². The molecule has 1 aliphatic rings. The molecule has 1 rings (SSSR count). The Morgan fingerprint density at radius 2 is 1.70 bits per heavy atom. The van der Waals surface area contributed by atoms with Crippen molar-refractivity contribution in [3.05, 3.63) is 0 Å². The normalized spacial score (nSPS) is 17.1. The van der Waals surface area contributed by atoms with Crippen molar-refractivity contribution < 1.29 is 19.8 Å². The molecule has 1 heterocycles. The number of carboxylic acids is 1. The average Bonchev–Trinajstić information content (AvgIpc) is 2.45. The van der Waals surface area contributed by atoms with E-state index in [0.29, 0.717) is 45.6 Å².